The molecule has 2 rings (SSSR count). The third-order valence-corrected chi connectivity index (χ3v) is 2.64. The molecule has 3 nitrogen and oxygen atoms in total. The number of esters is 1. The van der Waals surface area contributed by atoms with Gasteiger partial charge >= 0.3 is 5.97 Å². The molecule has 0 aliphatic carbocycles. The summed E-state index contributed by atoms with van der Waals surface area (Å²) >= 11 is 6.00. The number of benzene rings is 1. The third-order valence-electron chi connectivity index (χ3n) is 2.33. The highest BCUT2D eigenvalue weighted by molar-refractivity contribution is 6.35. The van der Waals surface area contributed by atoms with Gasteiger partial charge in [-0.05, 0) is 24.3 Å². The van der Waals surface area contributed by atoms with Crippen LogP contribution in [-0.4, -0.2) is 18.1 Å². The fraction of sp³-hybridized carbons (Fsp3) is 0.167. The first-order chi connectivity index (χ1) is 8.10. The summed E-state index contributed by atoms with van der Waals surface area (Å²) in [6, 6.07) is 5.68. The largest absolute Gasteiger partial charge is 0.469 e. The second-order valence-electron chi connectivity index (χ2n) is 3.51. The van der Waals surface area contributed by atoms with Gasteiger partial charge in [-0.15, -0.1) is 0 Å². The van der Waals surface area contributed by atoms with Crippen molar-refractivity contribution in [3.63, 3.8) is 0 Å². The van der Waals surface area contributed by atoms with Crippen molar-refractivity contribution in [2.45, 2.75) is 6.42 Å². The molecule has 1 aromatic carbocycles. The fourth-order valence-corrected chi connectivity index (χ4v) is 1.80. The summed E-state index contributed by atoms with van der Waals surface area (Å²) < 4.78 is 17.6. The number of hydrogen-bond acceptors (Lipinski definition) is 3. The van der Waals surface area contributed by atoms with Crippen LogP contribution in [0.15, 0.2) is 24.3 Å². The van der Waals surface area contributed by atoms with E-state index >= 15 is 0 Å². The molecule has 0 saturated carbocycles. The minimum Gasteiger partial charge on any atom is -0.469 e. The first kappa shape index (κ1) is 11.8. The van der Waals surface area contributed by atoms with Gasteiger partial charge in [0.1, 0.15) is 5.82 Å². The zero-order valence-electron chi connectivity index (χ0n) is 9.04. The summed E-state index contributed by atoms with van der Waals surface area (Å²) in [6.07, 6.45) is 0.0452. The molecule has 0 saturated heterocycles. The normalized spacial score (nSPS) is 10.5. The van der Waals surface area contributed by atoms with E-state index in [0.29, 0.717) is 21.6 Å². The van der Waals surface area contributed by atoms with Crippen LogP contribution in [-0.2, 0) is 16.0 Å². The van der Waals surface area contributed by atoms with Gasteiger partial charge in [-0.3, -0.25) is 9.78 Å². The first-order valence-corrected chi connectivity index (χ1v) is 5.29. The fourth-order valence-electron chi connectivity index (χ4n) is 1.52. The topological polar surface area (TPSA) is 39.2 Å². The maximum absolute atomic E-state index is 13.0. The molecular weight excluding hydrogens is 245 g/mol. The molecule has 5 heteroatoms. The number of carbonyl (C=O) groups is 1. The average Bonchev–Trinajstić information content (AvgIpc) is 2.30. The maximum Gasteiger partial charge on any atom is 0.311 e. The van der Waals surface area contributed by atoms with Crippen molar-refractivity contribution in [3.05, 3.63) is 40.8 Å². The molecule has 0 N–H and O–H groups in total. The lowest BCUT2D eigenvalue weighted by molar-refractivity contribution is -0.139. The van der Waals surface area contributed by atoms with E-state index in [0.717, 1.165) is 0 Å². The summed E-state index contributed by atoms with van der Waals surface area (Å²) in [5, 5.41) is 0.897. The lowest BCUT2D eigenvalue weighted by Gasteiger charge is -2.04. The SMILES string of the molecule is COC(=O)Cc1cc(Cl)c2cc(F)ccc2n1. The van der Waals surface area contributed by atoms with Crippen LogP contribution in [0.3, 0.4) is 0 Å². The Morgan fingerprint density at radius 1 is 1.47 bits per heavy atom. The Balaban J connectivity index is 2.48. The lowest BCUT2D eigenvalue weighted by Crippen LogP contribution is -2.06. The molecule has 1 heterocycles. The van der Waals surface area contributed by atoms with E-state index in [-0.39, 0.29) is 12.2 Å². The van der Waals surface area contributed by atoms with Crippen molar-refractivity contribution in [2.24, 2.45) is 0 Å². The number of nitrogens with zero attached hydrogens (tertiary/aromatic N) is 1. The molecule has 2 aromatic rings. The van der Waals surface area contributed by atoms with Gasteiger partial charge in [0.05, 0.1) is 29.8 Å². The van der Waals surface area contributed by atoms with Gasteiger partial charge in [0.25, 0.3) is 0 Å². The second-order valence-corrected chi connectivity index (χ2v) is 3.92. The van der Waals surface area contributed by atoms with E-state index in [9.17, 15) is 9.18 Å². The monoisotopic (exact) mass is 253 g/mol. The van der Waals surface area contributed by atoms with Gasteiger partial charge in [-0.25, -0.2) is 4.39 Å². The summed E-state index contributed by atoms with van der Waals surface area (Å²) in [5.74, 6) is -0.767. The molecule has 0 atom stereocenters. The van der Waals surface area contributed by atoms with Gasteiger partial charge in [-0.2, -0.15) is 0 Å². The van der Waals surface area contributed by atoms with Gasteiger partial charge in [0.2, 0.25) is 0 Å². The molecule has 0 amide bonds. The highest BCUT2D eigenvalue weighted by atomic mass is 35.5. The van der Waals surface area contributed by atoms with Crippen LogP contribution < -0.4 is 0 Å². The van der Waals surface area contributed by atoms with E-state index in [1.165, 1.54) is 25.3 Å². The van der Waals surface area contributed by atoms with E-state index in [1.54, 1.807) is 6.07 Å². The Bertz CT molecular complexity index is 586. The molecule has 0 bridgehead atoms. The van der Waals surface area contributed by atoms with Crippen LogP contribution in [0.1, 0.15) is 5.69 Å². The van der Waals surface area contributed by atoms with Crippen LogP contribution in [0.2, 0.25) is 5.02 Å². The average molecular weight is 254 g/mol. The number of pyridine rings is 1. The molecule has 0 aliphatic rings. The number of rotatable bonds is 2. The zero-order valence-corrected chi connectivity index (χ0v) is 9.79. The predicted molar refractivity (Wildman–Crippen MR) is 62.4 cm³/mol. The zero-order chi connectivity index (χ0) is 12.4. The number of halogens is 2. The maximum atomic E-state index is 13.0. The van der Waals surface area contributed by atoms with Crippen molar-refractivity contribution in [1.29, 1.82) is 0 Å². The Hall–Kier alpha value is -1.68. The number of fused-ring (bicyclic) bond motifs is 1. The Kier molecular flexibility index (Phi) is 3.24. The summed E-state index contributed by atoms with van der Waals surface area (Å²) in [5.41, 5.74) is 1.05. The Morgan fingerprint density at radius 3 is 2.94 bits per heavy atom. The Labute approximate surface area is 102 Å². The van der Waals surface area contributed by atoms with Crippen LogP contribution in [0.4, 0.5) is 4.39 Å². The second kappa shape index (κ2) is 4.67. The molecule has 0 spiro atoms. The quantitative estimate of drug-likeness (QED) is 0.773. The number of hydrogen-bond donors (Lipinski definition) is 0. The van der Waals surface area contributed by atoms with E-state index < -0.39 is 5.97 Å². The molecule has 17 heavy (non-hydrogen) atoms. The molecular formula is C12H9ClFNO2. The van der Waals surface area contributed by atoms with Crippen LogP contribution in [0, 0.1) is 5.82 Å². The predicted octanol–water partition coefficient (Wildman–Crippen LogP) is 2.74. The number of aromatic nitrogens is 1. The van der Waals surface area contributed by atoms with E-state index in [1.807, 2.05) is 0 Å². The van der Waals surface area contributed by atoms with Crippen molar-refractivity contribution in [1.82, 2.24) is 4.98 Å². The number of methoxy groups -OCH3 is 1. The molecule has 88 valence electrons. The number of carbonyl (C=O) groups excluding carboxylic acids is 1. The smallest absolute Gasteiger partial charge is 0.311 e. The van der Waals surface area contributed by atoms with Crippen molar-refractivity contribution < 1.29 is 13.9 Å². The van der Waals surface area contributed by atoms with Crippen LogP contribution in [0.5, 0.6) is 0 Å². The minimum absolute atomic E-state index is 0.0452. The summed E-state index contributed by atoms with van der Waals surface area (Å²) in [6.45, 7) is 0. The van der Waals surface area contributed by atoms with Crippen molar-refractivity contribution >= 4 is 28.5 Å². The highest BCUT2D eigenvalue weighted by Gasteiger charge is 2.09. The van der Waals surface area contributed by atoms with Gasteiger partial charge < -0.3 is 4.74 Å². The third kappa shape index (κ3) is 2.53. The molecule has 1 aromatic heterocycles. The molecule has 0 fully saturated rings. The van der Waals surface area contributed by atoms with Gasteiger partial charge in [0, 0.05) is 5.39 Å². The Morgan fingerprint density at radius 2 is 2.24 bits per heavy atom. The van der Waals surface area contributed by atoms with Gasteiger partial charge in [0.15, 0.2) is 0 Å². The van der Waals surface area contributed by atoms with Gasteiger partial charge in [-0.1, -0.05) is 11.6 Å². The summed E-state index contributed by atoms with van der Waals surface area (Å²) in [4.78, 5) is 15.3. The standard InChI is InChI=1S/C12H9ClFNO2/c1-17-12(16)6-8-5-10(13)9-4-7(14)2-3-11(9)15-8/h2-5H,6H2,1H3. The first-order valence-electron chi connectivity index (χ1n) is 4.91. The number of ether oxygens (including phenoxy) is 1. The molecule has 0 radical (unpaired) electrons. The lowest BCUT2D eigenvalue weighted by atomic mass is 10.1. The van der Waals surface area contributed by atoms with E-state index in [4.69, 9.17) is 11.6 Å². The van der Waals surface area contributed by atoms with Crippen LogP contribution in [0.25, 0.3) is 10.9 Å². The highest BCUT2D eigenvalue weighted by Crippen LogP contribution is 2.24. The molecule has 0 aliphatic heterocycles. The van der Waals surface area contributed by atoms with Crippen molar-refractivity contribution in [3.8, 4) is 0 Å². The van der Waals surface area contributed by atoms with E-state index in [2.05, 4.69) is 9.72 Å². The minimum atomic E-state index is -0.393. The van der Waals surface area contributed by atoms with Crippen molar-refractivity contribution in [2.75, 3.05) is 7.11 Å². The summed E-state index contributed by atoms with van der Waals surface area (Å²) in [7, 11) is 1.31. The molecule has 0 unspecified atom stereocenters. The van der Waals surface area contributed by atoms with Crippen LogP contribution >= 0.6 is 11.6 Å².